The Kier molecular flexibility index (Phi) is 8.62. The molecule has 0 atom stereocenters. The number of carbonyl (C=O) groups excluding carboxylic acids is 2. The molecule has 4 N–H and O–H groups in total. The summed E-state index contributed by atoms with van der Waals surface area (Å²) in [6.45, 7) is 1.98. The lowest BCUT2D eigenvalue weighted by Crippen LogP contribution is -2.17. The van der Waals surface area contributed by atoms with Crippen molar-refractivity contribution >= 4 is 69.6 Å². The Morgan fingerprint density at radius 2 is 1.76 bits per heavy atom. The number of thioether (sulfide) groups is 2. The minimum atomic E-state index is -1.42. The van der Waals surface area contributed by atoms with Crippen LogP contribution in [0.25, 0.3) is 0 Å². The third-order valence-corrected chi connectivity index (χ3v) is 6.60. The van der Waals surface area contributed by atoms with E-state index in [1.54, 1.807) is 24.3 Å². The van der Waals surface area contributed by atoms with Crippen molar-refractivity contribution in [2.45, 2.75) is 17.0 Å². The zero-order chi connectivity index (χ0) is 24.7. The topological polar surface area (TPSA) is 159 Å². The summed E-state index contributed by atoms with van der Waals surface area (Å²) in [5, 5.41) is 24.7. The molecule has 0 fully saturated rings. The zero-order valence-corrected chi connectivity index (χ0v) is 20.1. The molecular weight excluding hydrogens is 500 g/mol. The van der Waals surface area contributed by atoms with Gasteiger partial charge in [-0.15, -0.1) is 11.8 Å². The van der Waals surface area contributed by atoms with Gasteiger partial charge in [-0.05, 0) is 42.2 Å². The van der Waals surface area contributed by atoms with Gasteiger partial charge in [0.2, 0.25) is 16.2 Å². The summed E-state index contributed by atoms with van der Waals surface area (Å²) >= 11 is 3.83. The van der Waals surface area contributed by atoms with Crippen LogP contribution in [-0.2, 0) is 4.79 Å². The molecular formula is C21H18N4O6S3. The van der Waals surface area contributed by atoms with E-state index < -0.39 is 23.4 Å². The quantitative estimate of drug-likeness (QED) is 0.289. The summed E-state index contributed by atoms with van der Waals surface area (Å²) in [7, 11) is 0. The van der Waals surface area contributed by atoms with Gasteiger partial charge < -0.3 is 15.5 Å². The predicted molar refractivity (Wildman–Crippen MR) is 130 cm³/mol. The third-order valence-electron chi connectivity index (χ3n) is 4.13. The summed E-state index contributed by atoms with van der Waals surface area (Å²) in [5.74, 6) is -2.74. The van der Waals surface area contributed by atoms with Crippen molar-refractivity contribution in [2.75, 3.05) is 22.1 Å². The second-order valence-electron chi connectivity index (χ2n) is 6.50. The summed E-state index contributed by atoms with van der Waals surface area (Å²) in [6.07, 6.45) is 0. The molecule has 176 valence electrons. The van der Waals surface area contributed by atoms with E-state index >= 15 is 0 Å². The number of carboxylic acid groups (broad SMARTS) is 2. The fourth-order valence-corrected chi connectivity index (χ4v) is 4.71. The SMILES string of the molecule is CCSc1nsc(NC(=O)CSc2cccc(NC(=O)c3ccc(C(=O)O)cc3C(=O)O)c2)n1. The largest absolute Gasteiger partial charge is 0.478 e. The van der Waals surface area contributed by atoms with E-state index in [1.165, 1.54) is 23.5 Å². The summed E-state index contributed by atoms with van der Waals surface area (Å²) in [5.41, 5.74) is -0.441. The fourth-order valence-electron chi connectivity index (χ4n) is 2.67. The molecule has 1 heterocycles. The Bertz CT molecular complexity index is 1250. The minimum absolute atomic E-state index is 0.104. The van der Waals surface area contributed by atoms with E-state index in [4.69, 9.17) is 5.11 Å². The van der Waals surface area contributed by atoms with Crippen molar-refractivity contribution in [3.8, 4) is 0 Å². The first-order valence-corrected chi connectivity index (χ1v) is 12.4. The highest BCUT2D eigenvalue weighted by Crippen LogP contribution is 2.24. The molecule has 3 aromatic rings. The van der Waals surface area contributed by atoms with Crippen molar-refractivity contribution in [3.05, 3.63) is 59.2 Å². The Morgan fingerprint density at radius 3 is 2.47 bits per heavy atom. The molecule has 0 aliphatic carbocycles. The number of aromatic nitrogens is 2. The van der Waals surface area contributed by atoms with Crippen molar-refractivity contribution in [1.29, 1.82) is 0 Å². The normalized spacial score (nSPS) is 10.5. The van der Waals surface area contributed by atoms with Crippen LogP contribution in [0.5, 0.6) is 0 Å². The Labute approximate surface area is 206 Å². The van der Waals surface area contributed by atoms with Crippen LogP contribution < -0.4 is 10.6 Å². The van der Waals surface area contributed by atoms with Crippen LogP contribution in [0.2, 0.25) is 0 Å². The first-order chi connectivity index (χ1) is 16.3. The molecule has 2 amide bonds. The predicted octanol–water partition coefficient (Wildman–Crippen LogP) is 4.03. The van der Waals surface area contributed by atoms with Crippen LogP contribution in [0.4, 0.5) is 10.8 Å². The zero-order valence-electron chi connectivity index (χ0n) is 17.6. The lowest BCUT2D eigenvalue weighted by Gasteiger charge is -2.10. The maximum Gasteiger partial charge on any atom is 0.336 e. The molecule has 0 bridgehead atoms. The van der Waals surface area contributed by atoms with E-state index in [0.717, 1.165) is 35.5 Å². The van der Waals surface area contributed by atoms with Gasteiger partial charge in [-0.3, -0.25) is 14.9 Å². The number of nitrogens with zero attached hydrogens (tertiary/aromatic N) is 2. The van der Waals surface area contributed by atoms with Crippen molar-refractivity contribution < 1.29 is 29.4 Å². The van der Waals surface area contributed by atoms with E-state index in [9.17, 15) is 24.3 Å². The van der Waals surface area contributed by atoms with Gasteiger partial charge >= 0.3 is 11.9 Å². The molecule has 0 aliphatic rings. The van der Waals surface area contributed by atoms with Crippen LogP contribution in [-0.4, -0.2) is 54.8 Å². The van der Waals surface area contributed by atoms with E-state index in [1.807, 2.05) is 6.92 Å². The second kappa shape index (κ2) is 11.6. The number of anilines is 2. The first-order valence-electron chi connectivity index (χ1n) is 9.68. The second-order valence-corrected chi connectivity index (χ2v) is 9.54. The van der Waals surface area contributed by atoms with E-state index in [-0.39, 0.29) is 22.8 Å². The monoisotopic (exact) mass is 518 g/mol. The number of hydrogen-bond acceptors (Lipinski definition) is 9. The summed E-state index contributed by atoms with van der Waals surface area (Å²) in [4.78, 5) is 52.4. The van der Waals surface area contributed by atoms with Crippen molar-refractivity contribution in [3.63, 3.8) is 0 Å². The highest BCUT2D eigenvalue weighted by Gasteiger charge is 2.19. The Morgan fingerprint density at radius 1 is 0.971 bits per heavy atom. The number of nitrogens with one attached hydrogen (secondary N) is 2. The molecule has 0 radical (unpaired) electrons. The number of benzene rings is 2. The molecule has 0 unspecified atom stereocenters. The smallest absolute Gasteiger partial charge is 0.336 e. The fraction of sp³-hybridized carbons (Fsp3) is 0.143. The van der Waals surface area contributed by atoms with Crippen LogP contribution in [0.3, 0.4) is 0 Å². The lowest BCUT2D eigenvalue weighted by molar-refractivity contribution is -0.113. The third kappa shape index (κ3) is 6.79. The molecule has 0 saturated heterocycles. The Hall–Kier alpha value is -3.42. The van der Waals surface area contributed by atoms with Gasteiger partial charge in [-0.1, -0.05) is 24.8 Å². The number of hydrogen-bond donors (Lipinski definition) is 4. The number of rotatable bonds is 10. The molecule has 0 aliphatic heterocycles. The molecule has 34 heavy (non-hydrogen) atoms. The number of amides is 2. The van der Waals surface area contributed by atoms with E-state index in [0.29, 0.717) is 20.9 Å². The van der Waals surface area contributed by atoms with Gasteiger partial charge in [0, 0.05) is 22.1 Å². The molecule has 10 nitrogen and oxygen atoms in total. The molecule has 3 rings (SSSR count). The Balaban J connectivity index is 1.63. The molecule has 1 aromatic heterocycles. The van der Waals surface area contributed by atoms with Gasteiger partial charge in [0.1, 0.15) is 0 Å². The maximum absolute atomic E-state index is 12.6. The van der Waals surface area contributed by atoms with Crippen molar-refractivity contribution in [2.24, 2.45) is 0 Å². The van der Waals surface area contributed by atoms with Crippen LogP contribution in [0.15, 0.2) is 52.5 Å². The number of aromatic carboxylic acids is 2. The lowest BCUT2D eigenvalue weighted by atomic mass is 10.0. The van der Waals surface area contributed by atoms with Crippen LogP contribution >= 0.6 is 35.1 Å². The van der Waals surface area contributed by atoms with Crippen LogP contribution in [0.1, 0.15) is 38.0 Å². The standard InChI is InChI=1S/C21H18N4O6S3/c1-2-32-21-24-20(34-25-21)23-16(26)10-33-13-5-3-4-12(9-13)22-17(27)14-7-6-11(18(28)29)8-15(14)19(30)31/h3-9H,2,10H2,1H3,(H,22,27)(H,28,29)(H,30,31)(H,23,24,25,26). The van der Waals surface area contributed by atoms with Gasteiger partial charge in [0.05, 0.1) is 22.4 Å². The molecule has 0 spiro atoms. The molecule has 13 heteroatoms. The average Bonchev–Trinajstić information content (AvgIpc) is 3.24. The van der Waals surface area contributed by atoms with Gasteiger partial charge in [-0.2, -0.15) is 9.36 Å². The first kappa shape index (κ1) is 25.2. The maximum atomic E-state index is 12.6. The van der Waals surface area contributed by atoms with Gasteiger partial charge in [-0.25, -0.2) is 9.59 Å². The number of carboxylic acids is 2. The highest BCUT2D eigenvalue weighted by molar-refractivity contribution is 8.00. The summed E-state index contributed by atoms with van der Waals surface area (Å²) in [6, 6.07) is 9.95. The average molecular weight is 519 g/mol. The summed E-state index contributed by atoms with van der Waals surface area (Å²) < 4.78 is 4.14. The number of carbonyl (C=O) groups is 4. The molecule has 0 saturated carbocycles. The van der Waals surface area contributed by atoms with Gasteiger partial charge in [0.15, 0.2) is 0 Å². The van der Waals surface area contributed by atoms with Crippen molar-refractivity contribution in [1.82, 2.24) is 9.36 Å². The van der Waals surface area contributed by atoms with Crippen LogP contribution in [0, 0.1) is 0 Å². The van der Waals surface area contributed by atoms with E-state index in [2.05, 4.69) is 20.0 Å². The minimum Gasteiger partial charge on any atom is -0.478 e. The molecule has 2 aromatic carbocycles. The van der Waals surface area contributed by atoms with Gasteiger partial charge in [0.25, 0.3) is 5.91 Å². The highest BCUT2D eigenvalue weighted by atomic mass is 32.2.